The average Bonchev–Trinajstić information content (AvgIpc) is 3.49. The van der Waals surface area contributed by atoms with Gasteiger partial charge in [-0.15, -0.1) is 0 Å². The Hall–Kier alpha value is -3.64. The second kappa shape index (κ2) is 12.0. The minimum Gasteiger partial charge on any atom is -0.507 e. The third-order valence-electron chi connectivity index (χ3n) is 8.64. The molecule has 1 N–H and O–H groups in total. The second-order valence-corrected chi connectivity index (χ2v) is 11.3. The minimum atomic E-state index is -5.13. The summed E-state index contributed by atoms with van der Waals surface area (Å²) in [5.41, 5.74) is -0.712. The quantitative estimate of drug-likeness (QED) is 0.192. The van der Waals surface area contributed by atoms with E-state index in [0.29, 0.717) is 41.9 Å². The number of rotatable bonds is 8. The standard InChI is InChI=1S/C32H31F6NO5/c1-3-17(10-18-6-4-5-7-25(18)40)8-9-26-27-19(15-43-2)11-23-28(24(27)16-44-26)30(42)39(29(23)41)22-13-20(31(33,34)35)12-21(14-22)32(36,37)38/h4-7,10,12-14,23-24,26,28,40H,3,8-9,11,15-16H2,1-2H3/b17-10+/t23-,24+,26-,28-/m1/s1. The fraction of sp³-hybridized carbons (Fsp3) is 0.438. The van der Waals surface area contributed by atoms with Crippen LogP contribution < -0.4 is 4.90 Å². The number of phenolic OH excluding ortho intramolecular Hbond substituents is 1. The van der Waals surface area contributed by atoms with Crippen LogP contribution in [-0.4, -0.2) is 43.3 Å². The first-order valence-corrected chi connectivity index (χ1v) is 14.2. The monoisotopic (exact) mass is 623 g/mol. The number of allylic oxidation sites excluding steroid dienone is 1. The maximum Gasteiger partial charge on any atom is 0.416 e. The van der Waals surface area contributed by atoms with Crippen molar-refractivity contribution in [2.24, 2.45) is 17.8 Å². The molecule has 2 amide bonds. The molecule has 2 aromatic rings. The molecule has 4 atom stereocenters. The normalized spacial score (nSPS) is 24.3. The van der Waals surface area contributed by atoms with Crippen LogP contribution in [-0.2, 0) is 31.4 Å². The number of ether oxygens (including phenoxy) is 2. The number of fused-ring (bicyclic) bond motifs is 3. The number of aromatic hydroxyl groups is 1. The molecule has 2 heterocycles. The van der Waals surface area contributed by atoms with Gasteiger partial charge in [-0.05, 0) is 61.1 Å². The zero-order valence-electron chi connectivity index (χ0n) is 24.0. The number of benzene rings is 2. The predicted octanol–water partition coefficient (Wildman–Crippen LogP) is 7.17. The molecule has 2 saturated heterocycles. The molecule has 0 aromatic heterocycles. The molecule has 12 heteroatoms. The van der Waals surface area contributed by atoms with Gasteiger partial charge in [-0.1, -0.05) is 36.8 Å². The van der Waals surface area contributed by atoms with Crippen LogP contribution in [0.1, 0.15) is 49.3 Å². The van der Waals surface area contributed by atoms with Crippen LogP contribution in [0, 0.1) is 17.8 Å². The number of para-hydroxylation sites is 1. The molecule has 0 unspecified atom stereocenters. The first-order valence-electron chi connectivity index (χ1n) is 14.2. The van der Waals surface area contributed by atoms with E-state index in [9.17, 15) is 41.0 Å². The summed E-state index contributed by atoms with van der Waals surface area (Å²) in [5.74, 6) is -4.08. The van der Waals surface area contributed by atoms with Crippen LogP contribution in [0.25, 0.3) is 6.08 Å². The van der Waals surface area contributed by atoms with E-state index in [1.165, 1.54) is 7.11 Å². The van der Waals surface area contributed by atoms with Crippen LogP contribution in [0.15, 0.2) is 59.2 Å². The van der Waals surface area contributed by atoms with Crippen LogP contribution in [0.3, 0.4) is 0 Å². The van der Waals surface area contributed by atoms with Crippen LogP contribution in [0.5, 0.6) is 5.75 Å². The van der Waals surface area contributed by atoms with Gasteiger partial charge in [0.2, 0.25) is 11.8 Å². The molecule has 236 valence electrons. The molecule has 6 nitrogen and oxygen atoms in total. The number of alkyl halides is 6. The smallest absolute Gasteiger partial charge is 0.416 e. The molecule has 3 aliphatic rings. The third-order valence-corrected chi connectivity index (χ3v) is 8.64. The lowest BCUT2D eigenvalue weighted by Crippen LogP contribution is -2.35. The molecule has 5 rings (SSSR count). The maximum atomic E-state index is 13.7. The number of anilines is 1. The van der Waals surface area contributed by atoms with E-state index in [1.54, 1.807) is 18.2 Å². The lowest BCUT2D eigenvalue weighted by atomic mass is 9.69. The SMILES string of the molecule is CC/C(=C\c1ccccc1O)CC[C@H]1OC[C@H]2C1=C(COC)C[C@H]1C(=O)N(c3cc(C(F)(F)F)cc(C(F)(F)F)c3)C(=O)[C@H]12. The zero-order chi connectivity index (χ0) is 32.0. The number of carbonyl (C=O) groups is 2. The number of halogens is 6. The van der Waals surface area contributed by atoms with Crippen LogP contribution in [0.2, 0.25) is 0 Å². The predicted molar refractivity (Wildman–Crippen MR) is 148 cm³/mol. The molecule has 0 bridgehead atoms. The molecule has 44 heavy (non-hydrogen) atoms. The van der Waals surface area contributed by atoms with E-state index < -0.39 is 64.8 Å². The van der Waals surface area contributed by atoms with E-state index in [2.05, 4.69) is 0 Å². The van der Waals surface area contributed by atoms with E-state index in [-0.39, 0.29) is 31.5 Å². The molecule has 0 spiro atoms. The summed E-state index contributed by atoms with van der Waals surface area (Å²) in [5, 5.41) is 10.2. The number of amides is 2. The van der Waals surface area contributed by atoms with Gasteiger partial charge in [0.1, 0.15) is 5.75 Å². The Morgan fingerprint density at radius 3 is 2.27 bits per heavy atom. The van der Waals surface area contributed by atoms with E-state index in [4.69, 9.17) is 9.47 Å². The van der Waals surface area contributed by atoms with Gasteiger partial charge in [0.15, 0.2) is 0 Å². The van der Waals surface area contributed by atoms with E-state index in [1.807, 2.05) is 19.1 Å². The minimum absolute atomic E-state index is 0.0362. The van der Waals surface area contributed by atoms with Gasteiger partial charge in [0.25, 0.3) is 0 Å². The Bertz CT molecular complexity index is 1480. The Kier molecular flexibility index (Phi) is 8.69. The number of hydrogen-bond donors (Lipinski definition) is 1. The summed E-state index contributed by atoms with van der Waals surface area (Å²) in [6.45, 7) is 2.19. The molecular weight excluding hydrogens is 592 g/mol. The Labute approximate surface area is 249 Å². The fourth-order valence-corrected chi connectivity index (χ4v) is 6.60. The molecule has 1 aliphatic carbocycles. The van der Waals surface area contributed by atoms with Crippen molar-refractivity contribution in [1.29, 1.82) is 0 Å². The number of hydrogen-bond acceptors (Lipinski definition) is 5. The second-order valence-electron chi connectivity index (χ2n) is 11.3. The average molecular weight is 624 g/mol. The highest BCUT2D eigenvalue weighted by Crippen LogP contribution is 2.51. The highest BCUT2D eigenvalue weighted by Gasteiger charge is 2.57. The highest BCUT2D eigenvalue weighted by molar-refractivity contribution is 6.22. The number of phenols is 1. The zero-order valence-corrected chi connectivity index (χ0v) is 24.0. The van der Waals surface area contributed by atoms with Crippen molar-refractivity contribution in [3.8, 4) is 5.75 Å². The van der Waals surface area contributed by atoms with Gasteiger partial charge in [-0.25, -0.2) is 4.90 Å². The highest BCUT2D eigenvalue weighted by atomic mass is 19.4. The van der Waals surface area contributed by atoms with Crippen molar-refractivity contribution in [2.75, 3.05) is 25.2 Å². The van der Waals surface area contributed by atoms with Gasteiger partial charge in [-0.2, -0.15) is 26.3 Å². The van der Waals surface area contributed by atoms with Crippen LogP contribution >= 0.6 is 0 Å². The van der Waals surface area contributed by atoms with Crippen LogP contribution in [0.4, 0.5) is 32.0 Å². The van der Waals surface area contributed by atoms with Crippen molar-refractivity contribution in [1.82, 2.24) is 0 Å². The summed E-state index contributed by atoms with van der Waals surface area (Å²) < 4.78 is 92.9. The van der Waals surface area contributed by atoms with Gasteiger partial charge in [0, 0.05) is 18.6 Å². The van der Waals surface area contributed by atoms with Crippen molar-refractivity contribution < 1.29 is 50.5 Å². The third kappa shape index (κ3) is 6.01. The Morgan fingerprint density at radius 2 is 1.68 bits per heavy atom. The Balaban J connectivity index is 1.44. The molecule has 2 aliphatic heterocycles. The maximum absolute atomic E-state index is 13.7. The first kappa shape index (κ1) is 31.8. The van der Waals surface area contributed by atoms with Crippen molar-refractivity contribution in [3.05, 3.63) is 75.9 Å². The fourth-order valence-electron chi connectivity index (χ4n) is 6.60. The van der Waals surface area contributed by atoms with Crippen molar-refractivity contribution >= 4 is 23.6 Å². The summed E-state index contributed by atoms with van der Waals surface area (Å²) in [6, 6.07) is 7.71. The molecule has 2 aromatic carbocycles. The first-order chi connectivity index (χ1) is 20.7. The van der Waals surface area contributed by atoms with Gasteiger partial charge in [-0.3, -0.25) is 9.59 Å². The Morgan fingerprint density at radius 1 is 1.02 bits per heavy atom. The molecule has 2 fully saturated rings. The van der Waals surface area contributed by atoms with Crippen molar-refractivity contribution in [3.63, 3.8) is 0 Å². The molecular formula is C32H31F6NO5. The molecule has 0 saturated carbocycles. The largest absolute Gasteiger partial charge is 0.507 e. The van der Waals surface area contributed by atoms with E-state index in [0.717, 1.165) is 16.7 Å². The van der Waals surface area contributed by atoms with Gasteiger partial charge >= 0.3 is 12.4 Å². The van der Waals surface area contributed by atoms with Gasteiger partial charge in [0.05, 0.1) is 48.0 Å². The van der Waals surface area contributed by atoms with Crippen molar-refractivity contribution in [2.45, 2.75) is 51.1 Å². The lowest BCUT2D eigenvalue weighted by molar-refractivity contribution is -0.143. The summed E-state index contributed by atoms with van der Waals surface area (Å²) >= 11 is 0. The lowest BCUT2D eigenvalue weighted by Gasteiger charge is -2.31. The summed E-state index contributed by atoms with van der Waals surface area (Å²) in [7, 11) is 1.47. The number of imide groups is 1. The number of methoxy groups -OCH3 is 1. The summed E-state index contributed by atoms with van der Waals surface area (Å²) in [4.78, 5) is 27.8. The number of nitrogens with zero attached hydrogens (tertiary/aromatic N) is 1. The molecule has 0 radical (unpaired) electrons. The number of carbonyl (C=O) groups excluding carboxylic acids is 2. The summed E-state index contributed by atoms with van der Waals surface area (Å²) in [6.07, 6.45) is -6.87. The van der Waals surface area contributed by atoms with Gasteiger partial charge < -0.3 is 14.6 Å². The topological polar surface area (TPSA) is 76.1 Å². The van der Waals surface area contributed by atoms with E-state index >= 15 is 0 Å².